The van der Waals surface area contributed by atoms with E-state index >= 15 is 0 Å². The van der Waals surface area contributed by atoms with Crippen LogP contribution >= 0.6 is 0 Å². The Morgan fingerprint density at radius 1 is 0.692 bits per heavy atom. The lowest BCUT2D eigenvalue weighted by Crippen LogP contribution is -2.40. The summed E-state index contributed by atoms with van der Waals surface area (Å²) < 4.78 is 2.49. The molecule has 0 amide bonds. The largest absolute Gasteiger partial charge is 0.307 e. The van der Waals surface area contributed by atoms with Gasteiger partial charge < -0.3 is 4.40 Å². The molecule has 3 heteroatoms. The van der Waals surface area contributed by atoms with Gasteiger partial charge in [-0.05, 0) is 52.9 Å². The van der Waals surface area contributed by atoms with Gasteiger partial charge in [0.1, 0.15) is 0 Å². The molecule has 0 N–H and O–H groups in total. The van der Waals surface area contributed by atoms with Gasteiger partial charge >= 0.3 is 0 Å². The summed E-state index contributed by atoms with van der Waals surface area (Å²) in [5.74, 6) is 0.604. The van der Waals surface area contributed by atoms with E-state index in [4.69, 9.17) is 4.98 Å². The second-order valence-electron chi connectivity index (χ2n) is 12.4. The van der Waals surface area contributed by atoms with Crippen molar-refractivity contribution in [1.29, 1.82) is 0 Å². The van der Waals surface area contributed by atoms with Crippen molar-refractivity contribution >= 4 is 51.4 Å². The van der Waals surface area contributed by atoms with E-state index < -0.39 is 8.07 Å². The molecule has 39 heavy (non-hydrogen) atoms. The van der Waals surface area contributed by atoms with Gasteiger partial charge in [-0.15, -0.1) is 0 Å². The maximum atomic E-state index is 5.11. The molecule has 0 aliphatic carbocycles. The molecule has 192 valence electrons. The third-order valence-electron chi connectivity index (χ3n) is 8.12. The Labute approximate surface area is 231 Å². The number of aromatic nitrogens is 2. The van der Waals surface area contributed by atoms with Gasteiger partial charge in [0.05, 0.1) is 30.3 Å². The average Bonchev–Trinajstić information content (AvgIpc) is 3.44. The van der Waals surface area contributed by atoms with Crippen molar-refractivity contribution in [2.45, 2.75) is 39.9 Å². The van der Waals surface area contributed by atoms with Crippen LogP contribution in [0.15, 0.2) is 97.2 Å². The lowest BCUT2D eigenvalue weighted by atomic mass is 9.95. The summed E-state index contributed by atoms with van der Waals surface area (Å²) in [6.45, 7) is 11.9. The minimum absolute atomic E-state index is 0.604. The fourth-order valence-corrected chi connectivity index (χ4v) is 8.06. The predicted molar refractivity (Wildman–Crippen MR) is 171 cm³/mol. The highest BCUT2D eigenvalue weighted by Crippen LogP contribution is 2.44. The van der Waals surface area contributed by atoms with E-state index in [1.807, 2.05) is 0 Å². The molecule has 0 fully saturated rings. The highest BCUT2D eigenvalue weighted by molar-refractivity contribution is 6.89. The van der Waals surface area contributed by atoms with Crippen molar-refractivity contribution in [2.75, 3.05) is 0 Å². The van der Waals surface area contributed by atoms with Crippen molar-refractivity contribution in [2.24, 2.45) is 5.92 Å². The normalized spacial score (nSPS) is 12.6. The van der Waals surface area contributed by atoms with Crippen LogP contribution in [0.4, 0.5) is 0 Å². The number of rotatable bonds is 5. The zero-order valence-electron chi connectivity index (χ0n) is 23.4. The molecule has 0 bridgehead atoms. The van der Waals surface area contributed by atoms with Crippen LogP contribution in [0.2, 0.25) is 19.6 Å². The Kier molecular flexibility index (Phi) is 5.43. The third-order valence-corrected chi connectivity index (χ3v) is 10.2. The van der Waals surface area contributed by atoms with Gasteiger partial charge in [-0.2, -0.15) is 0 Å². The van der Waals surface area contributed by atoms with Crippen LogP contribution < -0.4 is 5.19 Å². The molecule has 4 aromatic carbocycles. The second-order valence-corrected chi connectivity index (χ2v) is 17.5. The maximum absolute atomic E-state index is 5.11. The van der Waals surface area contributed by atoms with E-state index in [0.29, 0.717) is 5.92 Å². The average molecular weight is 523 g/mol. The molecule has 0 spiro atoms. The van der Waals surface area contributed by atoms with Crippen molar-refractivity contribution in [3.63, 3.8) is 0 Å². The van der Waals surface area contributed by atoms with Crippen LogP contribution in [0.1, 0.15) is 19.4 Å². The van der Waals surface area contributed by atoms with E-state index in [1.165, 1.54) is 65.5 Å². The number of hydrogen-bond acceptors (Lipinski definition) is 1. The predicted octanol–water partition coefficient (Wildman–Crippen LogP) is 9.31. The number of para-hydroxylation sites is 2. The molecular weight excluding hydrogens is 488 g/mol. The Balaban J connectivity index is 1.59. The summed E-state index contributed by atoms with van der Waals surface area (Å²) in [7, 11) is -1.51. The van der Waals surface area contributed by atoms with Gasteiger partial charge in [0.2, 0.25) is 0 Å². The number of hydrogen-bond donors (Lipinski definition) is 0. The summed E-state index contributed by atoms with van der Waals surface area (Å²) in [5, 5.41) is 6.70. The van der Waals surface area contributed by atoms with Crippen LogP contribution in [0.3, 0.4) is 0 Å². The standard InChI is InChI=1S/C36H34N2Si/c1-23(2)18-26-21-32(37-22-34(26)39(3,4)5)25-19-30(24-12-7-6-8-13-24)36-31(20-25)29-16-11-15-28-27-14-9-10-17-33(27)38(36)35(28)29/h6-17,19-23H,18H2,1-5H3. The fraction of sp³-hybridized carbons (Fsp3) is 0.194. The van der Waals surface area contributed by atoms with Crippen LogP contribution in [-0.2, 0) is 6.42 Å². The molecule has 0 atom stereocenters. The Morgan fingerprint density at radius 3 is 2.13 bits per heavy atom. The first-order valence-electron chi connectivity index (χ1n) is 14.1. The molecule has 0 unspecified atom stereocenters. The molecule has 2 nitrogen and oxygen atoms in total. The second kappa shape index (κ2) is 8.79. The molecule has 0 saturated carbocycles. The molecule has 7 rings (SSSR count). The molecule has 0 aliphatic rings. The van der Waals surface area contributed by atoms with Crippen LogP contribution in [0.25, 0.3) is 60.5 Å². The third kappa shape index (κ3) is 3.79. The van der Waals surface area contributed by atoms with Crippen molar-refractivity contribution in [3.8, 4) is 22.4 Å². The summed E-state index contributed by atoms with van der Waals surface area (Å²) in [4.78, 5) is 5.11. The molecule has 0 saturated heterocycles. The van der Waals surface area contributed by atoms with Crippen molar-refractivity contribution < 1.29 is 0 Å². The Bertz CT molecular complexity index is 1990. The Morgan fingerprint density at radius 2 is 1.38 bits per heavy atom. The fourth-order valence-electron chi connectivity index (χ4n) is 6.47. The lowest BCUT2D eigenvalue weighted by molar-refractivity contribution is 0.649. The number of fused-ring (bicyclic) bond motifs is 6. The highest BCUT2D eigenvalue weighted by atomic mass is 28.3. The number of pyridine rings is 1. The quantitative estimate of drug-likeness (QED) is 0.206. The van der Waals surface area contributed by atoms with Crippen LogP contribution in [-0.4, -0.2) is 17.5 Å². The zero-order valence-corrected chi connectivity index (χ0v) is 24.4. The summed E-state index contributed by atoms with van der Waals surface area (Å²) in [6.07, 6.45) is 3.27. The summed E-state index contributed by atoms with van der Waals surface area (Å²) in [5.41, 5.74) is 10.1. The number of nitrogens with zero attached hydrogens (tertiary/aromatic N) is 2. The van der Waals surface area contributed by atoms with Crippen molar-refractivity contribution in [3.05, 3.63) is 103 Å². The zero-order chi connectivity index (χ0) is 26.9. The first-order chi connectivity index (χ1) is 18.8. The topological polar surface area (TPSA) is 17.3 Å². The van der Waals surface area contributed by atoms with Gasteiger partial charge in [0, 0.05) is 38.9 Å². The Hall–Kier alpha value is -3.95. The van der Waals surface area contributed by atoms with Gasteiger partial charge in [-0.1, -0.05) is 100 Å². The monoisotopic (exact) mass is 522 g/mol. The first-order valence-corrected chi connectivity index (χ1v) is 17.6. The summed E-state index contributed by atoms with van der Waals surface area (Å²) >= 11 is 0. The van der Waals surface area contributed by atoms with Gasteiger partial charge in [-0.25, -0.2) is 0 Å². The first kappa shape index (κ1) is 24.1. The lowest BCUT2D eigenvalue weighted by Gasteiger charge is -2.22. The highest BCUT2D eigenvalue weighted by Gasteiger charge is 2.24. The van der Waals surface area contributed by atoms with E-state index in [1.54, 1.807) is 0 Å². The van der Waals surface area contributed by atoms with E-state index in [9.17, 15) is 0 Å². The van der Waals surface area contributed by atoms with Gasteiger partial charge in [0.15, 0.2) is 0 Å². The van der Waals surface area contributed by atoms with Crippen molar-refractivity contribution in [1.82, 2.24) is 9.38 Å². The molecule has 3 aromatic heterocycles. The summed E-state index contributed by atoms with van der Waals surface area (Å²) in [6, 6.07) is 33.5. The molecular formula is C36H34N2Si. The maximum Gasteiger partial charge on any atom is 0.0799 e. The number of benzene rings is 4. The molecule has 7 aromatic rings. The molecule has 0 radical (unpaired) electrons. The minimum Gasteiger partial charge on any atom is -0.307 e. The SMILES string of the molecule is CC(C)Cc1cc(-c2cc(-c3ccccc3)c3c(c2)c2cccc4c5ccccc5n3c42)ncc1[Si](C)(C)C. The molecule has 3 heterocycles. The van der Waals surface area contributed by atoms with Gasteiger partial charge in [-0.3, -0.25) is 4.98 Å². The van der Waals surface area contributed by atoms with Gasteiger partial charge in [0.25, 0.3) is 0 Å². The molecule has 0 aliphatic heterocycles. The van der Waals surface area contributed by atoms with E-state index in [-0.39, 0.29) is 0 Å². The minimum atomic E-state index is -1.51. The smallest absolute Gasteiger partial charge is 0.0799 e. The van der Waals surface area contributed by atoms with Crippen LogP contribution in [0, 0.1) is 5.92 Å². The van der Waals surface area contributed by atoms with E-state index in [0.717, 1.165) is 12.1 Å². The van der Waals surface area contributed by atoms with E-state index in [2.05, 4.69) is 135 Å². The van der Waals surface area contributed by atoms with Crippen LogP contribution in [0.5, 0.6) is 0 Å².